The predicted octanol–water partition coefficient (Wildman–Crippen LogP) is -1.74. The normalized spacial score (nSPS) is 9.14. The van der Waals surface area contributed by atoms with E-state index in [-0.39, 0.29) is 51.0 Å². The van der Waals surface area contributed by atoms with Crippen molar-refractivity contribution in [1.29, 1.82) is 0 Å². The Balaban J connectivity index is -0.000000720. The first-order chi connectivity index (χ1) is 6.13. The van der Waals surface area contributed by atoms with E-state index >= 15 is 0 Å². The van der Waals surface area contributed by atoms with Crippen molar-refractivity contribution < 1.29 is 39.4 Å². The number of carbonyl (C=O) groups excluding carboxylic acids is 2. The van der Waals surface area contributed by atoms with E-state index in [2.05, 4.69) is 9.47 Å². The van der Waals surface area contributed by atoms with Crippen LogP contribution in [-0.4, -0.2) is 26.2 Å². The van der Waals surface area contributed by atoms with Crippen molar-refractivity contribution in [3.05, 3.63) is 0 Å². The molecule has 0 atom stereocenters. The van der Waals surface area contributed by atoms with Crippen molar-refractivity contribution >= 4 is 11.9 Å². The van der Waals surface area contributed by atoms with E-state index < -0.39 is 0 Å². The smallest absolute Gasteiger partial charge is 1.00 e. The second-order valence-corrected chi connectivity index (χ2v) is 2.83. The van der Waals surface area contributed by atoms with Crippen LogP contribution in [0.5, 0.6) is 0 Å². The first-order valence-corrected chi connectivity index (χ1v) is 4.27. The van der Waals surface area contributed by atoms with Crippen molar-refractivity contribution in [2.75, 3.05) is 14.2 Å². The summed E-state index contributed by atoms with van der Waals surface area (Å²) in [5.41, 5.74) is 0. The van der Waals surface area contributed by atoms with E-state index in [0.29, 0.717) is 0 Å². The SMILES string of the molecule is CCC(CC(=O)OC)CC(=O)OC.[H-].[Li+]. The summed E-state index contributed by atoms with van der Waals surface area (Å²) < 4.78 is 9.01. The number of hydrogen-bond acceptors (Lipinski definition) is 4. The molecule has 0 aliphatic heterocycles. The molecule has 78 valence electrons. The molecular weight excluding hydrogens is 179 g/mol. The first kappa shape index (κ1) is 16.0. The summed E-state index contributed by atoms with van der Waals surface area (Å²) in [6, 6.07) is 0. The third-order valence-electron chi connectivity index (χ3n) is 1.94. The van der Waals surface area contributed by atoms with Crippen LogP contribution in [0.25, 0.3) is 0 Å². The fourth-order valence-electron chi connectivity index (χ4n) is 0.999. The molecule has 5 heteroatoms. The maximum Gasteiger partial charge on any atom is 1.00 e. The van der Waals surface area contributed by atoms with Gasteiger partial charge < -0.3 is 10.9 Å². The molecule has 0 radical (unpaired) electrons. The number of hydrogen-bond donors (Lipinski definition) is 0. The maximum absolute atomic E-state index is 10.9. The number of methoxy groups -OCH3 is 2. The van der Waals surface area contributed by atoms with E-state index in [9.17, 15) is 9.59 Å². The van der Waals surface area contributed by atoms with Gasteiger partial charge in [0.1, 0.15) is 0 Å². The van der Waals surface area contributed by atoms with Crippen LogP contribution >= 0.6 is 0 Å². The summed E-state index contributed by atoms with van der Waals surface area (Å²) in [6.45, 7) is 1.93. The topological polar surface area (TPSA) is 52.6 Å². The number of esters is 2. The summed E-state index contributed by atoms with van der Waals surface area (Å²) in [7, 11) is 2.68. The summed E-state index contributed by atoms with van der Waals surface area (Å²) in [6.07, 6.45) is 1.33. The fourth-order valence-corrected chi connectivity index (χ4v) is 0.999. The Hall–Kier alpha value is -0.463. The largest absolute Gasteiger partial charge is 1.00 e. The van der Waals surface area contributed by atoms with Gasteiger partial charge in [-0.25, -0.2) is 0 Å². The summed E-state index contributed by atoms with van der Waals surface area (Å²) >= 11 is 0. The van der Waals surface area contributed by atoms with Crippen molar-refractivity contribution in [2.45, 2.75) is 26.2 Å². The average molecular weight is 196 g/mol. The predicted molar refractivity (Wildman–Crippen MR) is 48.2 cm³/mol. The van der Waals surface area contributed by atoms with Crippen molar-refractivity contribution in [1.82, 2.24) is 0 Å². The Bertz CT molecular complexity index is 169. The molecule has 0 aromatic heterocycles. The minimum absolute atomic E-state index is 0. The van der Waals surface area contributed by atoms with Crippen molar-refractivity contribution in [2.24, 2.45) is 5.92 Å². The van der Waals surface area contributed by atoms with Crippen LogP contribution in [-0.2, 0) is 19.1 Å². The molecule has 0 unspecified atom stereocenters. The molecule has 0 saturated heterocycles. The Labute approximate surface area is 98.0 Å². The second-order valence-electron chi connectivity index (χ2n) is 2.83. The molecular formula is C9H17LiO4. The van der Waals surface area contributed by atoms with Crippen LogP contribution in [0.1, 0.15) is 27.6 Å². The summed E-state index contributed by atoms with van der Waals surface area (Å²) in [5, 5.41) is 0. The van der Waals surface area contributed by atoms with Gasteiger partial charge in [0, 0.05) is 12.8 Å². The van der Waals surface area contributed by atoms with Crippen molar-refractivity contribution in [3.63, 3.8) is 0 Å². The molecule has 0 rings (SSSR count). The van der Waals surface area contributed by atoms with Crippen LogP contribution in [0.3, 0.4) is 0 Å². The molecule has 0 bridgehead atoms. The minimum atomic E-state index is -0.282. The van der Waals surface area contributed by atoms with Gasteiger partial charge in [0.25, 0.3) is 0 Å². The van der Waals surface area contributed by atoms with Crippen LogP contribution in [0.4, 0.5) is 0 Å². The summed E-state index contributed by atoms with van der Waals surface area (Å²) in [5.74, 6) is -0.536. The zero-order valence-corrected chi connectivity index (χ0v) is 9.33. The Kier molecular flexibility index (Phi) is 10.4. The van der Waals surface area contributed by atoms with Gasteiger partial charge in [0.15, 0.2) is 0 Å². The Morgan fingerprint density at radius 1 is 1.14 bits per heavy atom. The van der Waals surface area contributed by atoms with Gasteiger partial charge in [-0.15, -0.1) is 0 Å². The molecule has 0 saturated carbocycles. The van der Waals surface area contributed by atoms with Crippen LogP contribution in [0.15, 0.2) is 0 Å². The first-order valence-electron chi connectivity index (χ1n) is 4.27. The van der Waals surface area contributed by atoms with Crippen LogP contribution in [0, 0.1) is 5.92 Å². The third-order valence-corrected chi connectivity index (χ3v) is 1.94. The molecule has 4 nitrogen and oxygen atoms in total. The van der Waals surface area contributed by atoms with E-state index in [1.54, 1.807) is 0 Å². The van der Waals surface area contributed by atoms with E-state index in [1.807, 2.05) is 6.92 Å². The molecule has 0 spiro atoms. The molecule has 0 aliphatic rings. The number of carbonyl (C=O) groups is 2. The molecule has 0 aliphatic carbocycles. The van der Waals surface area contributed by atoms with Crippen LogP contribution in [0.2, 0.25) is 0 Å². The molecule has 0 N–H and O–H groups in total. The van der Waals surface area contributed by atoms with Gasteiger partial charge in [0.2, 0.25) is 0 Å². The zero-order valence-electron chi connectivity index (χ0n) is 10.3. The van der Waals surface area contributed by atoms with Gasteiger partial charge in [-0.1, -0.05) is 13.3 Å². The van der Waals surface area contributed by atoms with E-state index in [4.69, 9.17) is 0 Å². The number of ether oxygens (including phenoxy) is 2. The second kappa shape index (κ2) is 9.11. The molecule has 0 aromatic carbocycles. The third kappa shape index (κ3) is 6.99. The number of rotatable bonds is 5. The van der Waals surface area contributed by atoms with Gasteiger partial charge in [-0.3, -0.25) is 9.59 Å². The molecule has 0 aromatic rings. The maximum atomic E-state index is 10.9. The Morgan fingerprint density at radius 2 is 1.50 bits per heavy atom. The van der Waals surface area contributed by atoms with Gasteiger partial charge in [-0.2, -0.15) is 0 Å². The van der Waals surface area contributed by atoms with Gasteiger partial charge >= 0.3 is 30.8 Å². The standard InChI is InChI=1S/C9H16O4.Li.H/c1-4-7(5-8(10)12-2)6-9(11)13-3;;/h7H,4-6H2,1-3H3;;/q;+1;-1. The minimum Gasteiger partial charge on any atom is -1.00 e. The van der Waals surface area contributed by atoms with E-state index in [0.717, 1.165) is 6.42 Å². The van der Waals surface area contributed by atoms with Gasteiger partial charge in [-0.05, 0) is 5.92 Å². The quantitative estimate of drug-likeness (QED) is 0.387. The fraction of sp³-hybridized carbons (Fsp3) is 0.778. The summed E-state index contributed by atoms with van der Waals surface area (Å²) in [4.78, 5) is 21.8. The molecule has 0 heterocycles. The monoisotopic (exact) mass is 196 g/mol. The molecule has 0 fully saturated rings. The Morgan fingerprint density at radius 3 is 1.71 bits per heavy atom. The average Bonchev–Trinajstić information content (AvgIpc) is 2.16. The molecule has 0 amide bonds. The van der Waals surface area contributed by atoms with Crippen molar-refractivity contribution in [3.8, 4) is 0 Å². The van der Waals surface area contributed by atoms with Gasteiger partial charge in [0.05, 0.1) is 14.2 Å². The molecule has 14 heavy (non-hydrogen) atoms. The van der Waals surface area contributed by atoms with E-state index in [1.165, 1.54) is 14.2 Å². The zero-order chi connectivity index (χ0) is 10.3. The van der Waals surface area contributed by atoms with Crippen LogP contribution < -0.4 is 18.9 Å².